The van der Waals surface area contributed by atoms with Crippen LogP contribution in [0, 0.1) is 0 Å². The van der Waals surface area contributed by atoms with Gasteiger partial charge in [-0.25, -0.2) is 0 Å². The molecule has 39 heavy (non-hydrogen) atoms. The number of hydrogen-bond acceptors (Lipinski definition) is 4. The van der Waals surface area contributed by atoms with E-state index in [4.69, 9.17) is 14.2 Å². The first-order valence-corrected chi connectivity index (χ1v) is 12.8. The summed E-state index contributed by atoms with van der Waals surface area (Å²) in [6, 6.07) is 42.4. The predicted octanol–water partition coefficient (Wildman–Crippen LogP) is 7.68. The first-order chi connectivity index (χ1) is 19.3. The Bertz CT molecular complexity index is 1470. The maximum atomic E-state index is 13.5. The molecule has 5 heteroatoms. The van der Waals surface area contributed by atoms with Gasteiger partial charge in [0.05, 0.1) is 5.56 Å². The molecule has 1 amide bonds. The van der Waals surface area contributed by atoms with Gasteiger partial charge >= 0.3 is 0 Å². The van der Waals surface area contributed by atoms with Crippen LogP contribution in [0.1, 0.15) is 27.0 Å². The molecule has 0 saturated heterocycles. The molecule has 0 heterocycles. The predicted molar refractivity (Wildman–Crippen MR) is 153 cm³/mol. The molecule has 0 aromatic heterocycles. The van der Waals surface area contributed by atoms with Crippen LogP contribution < -0.4 is 19.5 Å². The molecule has 0 radical (unpaired) electrons. The van der Waals surface area contributed by atoms with E-state index in [0.29, 0.717) is 35.1 Å². The molecule has 5 aromatic carbocycles. The second-order valence-electron chi connectivity index (χ2n) is 8.91. The summed E-state index contributed by atoms with van der Waals surface area (Å²) < 4.78 is 18.9. The van der Waals surface area contributed by atoms with E-state index in [1.54, 1.807) is 12.1 Å². The number of carbonyl (C=O) groups excluding carboxylic acids is 1. The van der Waals surface area contributed by atoms with E-state index in [2.05, 4.69) is 5.32 Å². The Morgan fingerprint density at radius 3 is 1.44 bits per heavy atom. The van der Waals surface area contributed by atoms with Gasteiger partial charge in [0.15, 0.2) is 11.5 Å². The van der Waals surface area contributed by atoms with Crippen LogP contribution in [0.3, 0.4) is 0 Å². The van der Waals surface area contributed by atoms with Gasteiger partial charge in [-0.2, -0.15) is 0 Å². The van der Waals surface area contributed by atoms with Gasteiger partial charge in [0.2, 0.25) is 5.75 Å². The van der Waals surface area contributed by atoms with E-state index >= 15 is 0 Å². The Morgan fingerprint density at radius 1 is 0.487 bits per heavy atom. The van der Waals surface area contributed by atoms with Crippen molar-refractivity contribution in [3.05, 3.63) is 156 Å². The van der Waals surface area contributed by atoms with Crippen LogP contribution in [-0.4, -0.2) is 5.91 Å². The summed E-state index contributed by atoms with van der Waals surface area (Å²) in [5, 5.41) is 2.96. The fourth-order valence-corrected chi connectivity index (χ4v) is 4.03. The minimum Gasteiger partial charge on any atom is -0.485 e. The fraction of sp³-hybridized carbons (Fsp3) is 0.0882. The third kappa shape index (κ3) is 7.05. The molecule has 0 aliphatic carbocycles. The van der Waals surface area contributed by atoms with Crippen LogP contribution in [-0.2, 0) is 19.8 Å². The number of carbonyl (C=O) groups is 1. The van der Waals surface area contributed by atoms with Crippen molar-refractivity contribution in [3.63, 3.8) is 0 Å². The number of ether oxygens (including phenoxy) is 3. The standard InChI is InChI=1S/C34H29NO4/c36-34(35-29-19-11-4-12-20-29)30-21-22-31(37-23-26-13-5-1-6-14-26)33(39-25-28-17-9-3-10-18-28)32(30)38-24-27-15-7-2-8-16-27/h1-22H,23-25H2,(H,35,36). The van der Waals surface area contributed by atoms with Gasteiger partial charge in [-0.15, -0.1) is 0 Å². The molecule has 0 atom stereocenters. The van der Waals surface area contributed by atoms with Gasteiger partial charge in [0.1, 0.15) is 19.8 Å². The summed E-state index contributed by atoms with van der Waals surface area (Å²) in [6.45, 7) is 0.889. The number of rotatable bonds is 11. The van der Waals surface area contributed by atoms with E-state index in [1.807, 2.05) is 121 Å². The molecule has 0 saturated carbocycles. The lowest BCUT2D eigenvalue weighted by atomic mass is 10.1. The van der Waals surface area contributed by atoms with E-state index in [1.165, 1.54) is 0 Å². The molecule has 0 aliphatic rings. The summed E-state index contributed by atoms with van der Waals surface area (Å²) in [4.78, 5) is 13.5. The van der Waals surface area contributed by atoms with Crippen LogP contribution in [0.4, 0.5) is 5.69 Å². The highest BCUT2D eigenvalue weighted by atomic mass is 16.5. The summed E-state index contributed by atoms with van der Waals surface area (Å²) in [7, 11) is 0. The number of anilines is 1. The maximum Gasteiger partial charge on any atom is 0.259 e. The van der Waals surface area contributed by atoms with Crippen LogP contribution >= 0.6 is 0 Å². The lowest BCUT2D eigenvalue weighted by Crippen LogP contribution is -2.15. The molecule has 5 nitrogen and oxygen atoms in total. The van der Waals surface area contributed by atoms with Gasteiger partial charge < -0.3 is 19.5 Å². The molecule has 0 fully saturated rings. The Morgan fingerprint density at radius 2 is 0.923 bits per heavy atom. The Kier molecular flexibility index (Phi) is 8.52. The quantitative estimate of drug-likeness (QED) is 0.196. The lowest BCUT2D eigenvalue weighted by molar-refractivity contribution is 0.102. The molecular formula is C34H29NO4. The zero-order valence-corrected chi connectivity index (χ0v) is 21.5. The molecular weight excluding hydrogens is 486 g/mol. The van der Waals surface area contributed by atoms with Crippen molar-refractivity contribution >= 4 is 11.6 Å². The molecule has 0 spiro atoms. The van der Waals surface area contributed by atoms with Gasteiger partial charge in [0, 0.05) is 5.69 Å². The van der Waals surface area contributed by atoms with E-state index in [9.17, 15) is 4.79 Å². The Hall–Kier alpha value is -5.03. The Labute approximate surface area is 228 Å². The zero-order valence-electron chi connectivity index (χ0n) is 21.5. The van der Waals surface area contributed by atoms with Gasteiger partial charge in [-0.1, -0.05) is 109 Å². The average Bonchev–Trinajstić information content (AvgIpc) is 3.00. The van der Waals surface area contributed by atoms with Crippen molar-refractivity contribution in [1.82, 2.24) is 0 Å². The minimum atomic E-state index is -0.302. The zero-order chi connectivity index (χ0) is 26.7. The smallest absolute Gasteiger partial charge is 0.259 e. The molecule has 0 bridgehead atoms. The maximum absolute atomic E-state index is 13.5. The largest absolute Gasteiger partial charge is 0.485 e. The average molecular weight is 516 g/mol. The van der Waals surface area contributed by atoms with E-state index in [0.717, 1.165) is 16.7 Å². The van der Waals surface area contributed by atoms with Crippen molar-refractivity contribution in [3.8, 4) is 17.2 Å². The SMILES string of the molecule is O=C(Nc1ccccc1)c1ccc(OCc2ccccc2)c(OCc2ccccc2)c1OCc1ccccc1. The number of amides is 1. The number of para-hydroxylation sites is 1. The van der Waals surface area contributed by atoms with Crippen LogP contribution in [0.5, 0.6) is 17.2 Å². The van der Waals surface area contributed by atoms with Gasteiger partial charge in [-0.05, 0) is 41.0 Å². The molecule has 5 rings (SSSR count). The fourth-order valence-electron chi connectivity index (χ4n) is 4.03. The molecule has 0 aliphatic heterocycles. The summed E-state index contributed by atoms with van der Waals surface area (Å²) >= 11 is 0. The molecule has 1 N–H and O–H groups in total. The second kappa shape index (κ2) is 13.0. The van der Waals surface area contributed by atoms with Crippen molar-refractivity contribution in [2.24, 2.45) is 0 Å². The van der Waals surface area contributed by atoms with E-state index < -0.39 is 0 Å². The topological polar surface area (TPSA) is 56.8 Å². The normalized spacial score (nSPS) is 10.5. The van der Waals surface area contributed by atoms with Crippen molar-refractivity contribution < 1.29 is 19.0 Å². The third-order valence-electron chi connectivity index (χ3n) is 6.04. The molecule has 5 aromatic rings. The minimum absolute atomic E-state index is 0.260. The summed E-state index contributed by atoms with van der Waals surface area (Å²) in [6.07, 6.45) is 0. The summed E-state index contributed by atoms with van der Waals surface area (Å²) in [5.41, 5.74) is 4.01. The van der Waals surface area contributed by atoms with Crippen LogP contribution in [0.2, 0.25) is 0 Å². The molecule has 194 valence electrons. The first-order valence-electron chi connectivity index (χ1n) is 12.8. The molecule has 0 unspecified atom stereocenters. The van der Waals surface area contributed by atoms with Crippen molar-refractivity contribution in [1.29, 1.82) is 0 Å². The third-order valence-corrected chi connectivity index (χ3v) is 6.04. The lowest BCUT2D eigenvalue weighted by Gasteiger charge is -2.20. The highest BCUT2D eigenvalue weighted by Crippen LogP contribution is 2.42. The van der Waals surface area contributed by atoms with Crippen LogP contribution in [0.25, 0.3) is 0 Å². The second-order valence-corrected chi connectivity index (χ2v) is 8.91. The van der Waals surface area contributed by atoms with Crippen molar-refractivity contribution in [2.45, 2.75) is 19.8 Å². The monoisotopic (exact) mass is 515 g/mol. The summed E-state index contributed by atoms with van der Waals surface area (Å²) in [5.74, 6) is 0.901. The Balaban J connectivity index is 1.51. The number of hydrogen-bond donors (Lipinski definition) is 1. The van der Waals surface area contributed by atoms with E-state index in [-0.39, 0.29) is 19.1 Å². The van der Waals surface area contributed by atoms with Gasteiger partial charge in [0.25, 0.3) is 5.91 Å². The van der Waals surface area contributed by atoms with Crippen LogP contribution in [0.15, 0.2) is 133 Å². The van der Waals surface area contributed by atoms with Crippen molar-refractivity contribution in [2.75, 3.05) is 5.32 Å². The first kappa shape index (κ1) is 25.6. The number of benzene rings is 5. The number of nitrogens with one attached hydrogen (secondary N) is 1. The highest BCUT2D eigenvalue weighted by Gasteiger charge is 2.23. The van der Waals surface area contributed by atoms with Gasteiger partial charge in [-0.3, -0.25) is 4.79 Å². The highest BCUT2D eigenvalue weighted by molar-refractivity contribution is 6.07.